The fourth-order valence-electron chi connectivity index (χ4n) is 3.69. The Morgan fingerprint density at radius 3 is 1.78 bits per heavy atom. The van der Waals surface area contributed by atoms with Crippen molar-refractivity contribution >= 4 is 11.4 Å². The van der Waals surface area contributed by atoms with Crippen molar-refractivity contribution in [3.8, 4) is 0 Å². The summed E-state index contributed by atoms with van der Waals surface area (Å²) in [6, 6.07) is 9.16. The van der Waals surface area contributed by atoms with Gasteiger partial charge >= 0.3 is 0 Å². The van der Waals surface area contributed by atoms with Gasteiger partial charge in [-0.1, -0.05) is 72.7 Å². The Kier molecular flexibility index (Phi) is 6.97. The monoisotopic (exact) mass is 366 g/mol. The molecule has 0 aliphatic carbocycles. The zero-order chi connectivity index (χ0) is 20.3. The minimum absolute atomic E-state index is 0.414. The molecule has 27 heavy (non-hydrogen) atoms. The average molecular weight is 367 g/mol. The fraction of sp³-hybridized carbons (Fsp3) is 0.520. The van der Waals surface area contributed by atoms with Crippen LogP contribution in [0.3, 0.4) is 0 Å². The molecule has 4 N–H and O–H groups in total. The Labute approximate surface area is 166 Å². The minimum atomic E-state index is 0.414. The number of nitrogen functional groups attached to an aromatic ring is 2. The van der Waals surface area contributed by atoms with Crippen molar-refractivity contribution in [2.75, 3.05) is 11.5 Å². The predicted octanol–water partition coefficient (Wildman–Crippen LogP) is 6.76. The van der Waals surface area contributed by atoms with Gasteiger partial charge in [-0.3, -0.25) is 0 Å². The van der Waals surface area contributed by atoms with Crippen molar-refractivity contribution in [1.82, 2.24) is 0 Å². The molecule has 0 amide bonds. The summed E-state index contributed by atoms with van der Waals surface area (Å²) >= 11 is 0. The maximum absolute atomic E-state index is 6.60. The van der Waals surface area contributed by atoms with E-state index in [1.807, 2.05) is 0 Å². The Morgan fingerprint density at radius 2 is 1.26 bits per heavy atom. The molecule has 0 saturated heterocycles. The van der Waals surface area contributed by atoms with Crippen molar-refractivity contribution in [2.24, 2.45) is 0 Å². The van der Waals surface area contributed by atoms with Crippen LogP contribution >= 0.6 is 0 Å². The quantitative estimate of drug-likeness (QED) is 0.531. The third-order valence-electron chi connectivity index (χ3n) is 5.93. The number of hydrogen-bond donors (Lipinski definition) is 2. The number of benzene rings is 2. The molecular weight excluding hydrogens is 328 g/mol. The van der Waals surface area contributed by atoms with Crippen LogP contribution in [0.5, 0.6) is 0 Å². The van der Waals surface area contributed by atoms with Crippen LogP contribution in [0.1, 0.15) is 106 Å². The Hall–Kier alpha value is -1.96. The molecule has 0 spiro atoms. The van der Waals surface area contributed by atoms with E-state index in [1.165, 1.54) is 33.4 Å². The van der Waals surface area contributed by atoms with Gasteiger partial charge in [-0.05, 0) is 64.0 Å². The summed E-state index contributed by atoms with van der Waals surface area (Å²) in [6.45, 7) is 15.6. The molecule has 0 radical (unpaired) electrons. The molecule has 1 unspecified atom stereocenters. The topological polar surface area (TPSA) is 52.0 Å². The first-order valence-electron chi connectivity index (χ1n) is 10.5. The molecule has 1 atom stereocenters. The molecule has 148 valence electrons. The van der Waals surface area contributed by atoms with Crippen LogP contribution in [0.2, 0.25) is 0 Å². The van der Waals surface area contributed by atoms with Gasteiger partial charge in [0.05, 0.1) is 0 Å². The second-order valence-electron chi connectivity index (χ2n) is 8.58. The van der Waals surface area contributed by atoms with Crippen molar-refractivity contribution in [3.05, 3.63) is 57.6 Å². The molecule has 2 rings (SSSR count). The molecule has 2 nitrogen and oxygen atoms in total. The van der Waals surface area contributed by atoms with Gasteiger partial charge in [-0.25, -0.2) is 0 Å². The highest BCUT2D eigenvalue weighted by Gasteiger charge is 2.16. The maximum Gasteiger partial charge on any atom is 0.0385 e. The Balaban J connectivity index is 2.59. The highest BCUT2D eigenvalue weighted by atomic mass is 14.6. The van der Waals surface area contributed by atoms with E-state index in [0.29, 0.717) is 17.8 Å². The summed E-state index contributed by atoms with van der Waals surface area (Å²) in [6.07, 6.45) is 2.89. The summed E-state index contributed by atoms with van der Waals surface area (Å²) in [4.78, 5) is 0. The molecule has 2 aromatic rings. The van der Waals surface area contributed by atoms with E-state index in [4.69, 9.17) is 11.5 Å². The van der Waals surface area contributed by atoms with Crippen molar-refractivity contribution in [3.63, 3.8) is 0 Å². The van der Waals surface area contributed by atoms with E-state index in [0.717, 1.165) is 30.6 Å². The van der Waals surface area contributed by atoms with E-state index < -0.39 is 0 Å². The zero-order valence-corrected chi connectivity index (χ0v) is 18.3. The molecule has 2 aromatic carbocycles. The lowest BCUT2D eigenvalue weighted by Gasteiger charge is -2.21. The van der Waals surface area contributed by atoms with Gasteiger partial charge in [0, 0.05) is 17.8 Å². The smallest absolute Gasteiger partial charge is 0.0385 e. The fourth-order valence-corrected chi connectivity index (χ4v) is 3.69. The second-order valence-corrected chi connectivity index (χ2v) is 8.58. The van der Waals surface area contributed by atoms with Crippen molar-refractivity contribution in [2.45, 2.75) is 85.5 Å². The van der Waals surface area contributed by atoms with Crippen LogP contribution in [0.15, 0.2) is 24.3 Å². The highest BCUT2D eigenvalue weighted by Crippen LogP contribution is 2.34. The molecule has 0 saturated carbocycles. The van der Waals surface area contributed by atoms with Crippen LogP contribution in [-0.2, 0) is 12.8 Å². The first-order chi connectivity index (χ1) is 12.7. The highest BCUT2D eigenvalue weighted by molar-refractivity contribution is 5.63. The van der Waals surface area contributed by atoms with Gasteiger partial charge in [-0.15, -0.1) is 0 Å². The van der Waals surface area contributed by atoms with Crippen molar-refractivity contribution < 1.29 is 0 Å². The van der Waals surface area contributed by atoms with Crippen LogP contribution in [0.25, 0.3) is 0 Å². The van der Waals surface area contributed by atoms with Gasteiger partial charge in [-0.2, -0.15) is 0 Å². The minimum Gasteiger partial charge on any atom is -0.398 e. The molecule has 0 heterocycles. The number of hydrogen-bond acceptors (Lipinski definition) is 2. The van der Waals surface area contributed by atoms with Gasteiger partial charge in [0.25, 0.3) is 0 Å². The lowest BCUT2D eigenvalue weighted by Crippen LogP contribution is -2.08. The number of rotatable bonds is 7. The summed E-state index contributed by atoms with van der Waals surface area (Å²) in [7, 11) is 0. The first-order valence-corrected chi connectivity index (χ1v) is 10.5. The molecule has 2 heteroatoms. The van der Waals surface area contributed by atoms with E-state index in [1.54, 1.807) is 0 Å². The first kappa shape index (κ1) is 21.3. The van der Waals surface area contributed by atoms with E-state index in [9.17, 15) is 0 Å². The van der Waals surface area contributed by atoms with Gasteiger partial charge < -0.3 is 11.5 Å². The molecule has 0 aliphatic heterocycles. The second kappa shape index (κ2) is 8.82. The number of aryl methyl sites for hydroxylation is 1. The molecule has 0 fully saturated rings. The van der Waals surface area contributed by atoms with Gasteiger partial charge in [0.2, 0.25) is 0 Å². The summed E-state index contributed by atoms with van der Waals surface area (Å²) in [5, 5.41) is 0. The lowest BCUT2D eigenvalue weighted by molar-refractivity contribution is 0.731. The SMILES string of the molecule is CCc1cc(C(C)CC)cc(Cc2cc(C(C)C)cc(C(C)C)c2N)c1N. The molecular formula is C25H38N2. The zero-order valence-electron chi connectivity index (χ0n) is 18.3. The van der Waals surface area contributed by atoms with Gasteiger partial charge in [0.1, 0.15) is 0 Å². The normalized spacial score (nSPS) is 12.8. The number of nitrogens with two attached hydrogens (primary N) is 2. The van der Waals surface area contributed by atoms with Crippen LogP contribution in [0.4, 0.5) is 11.4 Å². The number of anilines is 2. The van der Waals surface area contributed by atoms with E-state index in [-0.39, 0.29) is 0 Å². The molecule has 0 aromatic heterocycles. The largest absolute Gasteiger partial charge is 0.398 e. The van der Waals surface area contributed by atoms with Crippen molar-refractivity contribution in [1.29, 1.82) is 0 Å². The molecule has 0 bridgehead atoms. The Morgan fingerprint density at radius 1 is 0.704 bits per heavy atom. The summed E-state index contributed by atoms with van der Waals surface area (Å²) in [5.74, 6) is 1.44. The summed E-state index contributed by atoms with van der Waals surface area (Å²) < 4.78 is 0. The van der Waals surface area contributed by atoms with Crippen LogP contribution < -0.4 is 11.5 Å². The standard InChI is InChI=1S/C25H38N2/c1-8-17(7)20-10-18(9-2)24(26)21(12-20)13-22-11-19(15(3)4)14-23(16(5)6)25(22)27/h10-12,14-17H,8-9,13,26-27H2,1-7H3. The Bertz CT molecular complexity index is 787. The van der Waals surface area contributed by atoms with E-state index in [2.05, 4.69) is 72.7 Å². The lowest BCUT2D eigenvalue weighted by atomic mass is 9.87. The maximum atomic E-state index is 6.60. The third-order valence-corrected chi connectivity index (χ3v) is 5.93. The molecule has 0 aliphatic rings. The van der Waals surface area contributed by atoms with Gasteiger partial charge in [0.15, 0.2) is 0 Å². The van der Waals surface area contributed by atoms with E-state index >= 15 is 0 Å². The summed E-state index contributed by atoms with van der Waals surface area (Å²) in [5.41, 5.74) is 22.7. The van der Waals surface area contributed by atoms with Crippen LogP contribution in [-0.4, -0.2) is 0 Å². The third kappa shape index (κ3) is 4.66. The van der Waals surface area contributed by atoms with Crippen LogP contribution in [0, 0.1) is 0 Å². The predicted molar refractivity (Wildman–Crippen MR) is 121 cm³/mol. The average Bonchev–Trinajstić information content (AvgIpc) is 2.63.